The van der Waals surface area contributed by atoms with Crippen LogP contribution in [0.25, 0.3) is 0 Å². The largest absolute Gasteiger partial charge is 0.330 e. The topological polar surface area (TPSA) is 26.0 Å². The molecule has 1 fully saturated rings. The normalized spacial score (nSPS) is 32.6. The zero-order valence-electron chi connectivity index (χ0n) is 4.53. The number of alkyl halides is 2. The summed E-state index contributed by atoms with van der Waals surface area (Å²) >= 11 is 11.4. The third-order valence-corrected chi connectivity index (χ3v) is 2.40. The number of hydrogen-bond acceptors (Lipinski definition) is 1. The fraction of sp³-hybridized carbons (Fsp3) is 1.00. The zero-order valence-corrected chi connectivity index (χ0v) is 6.04. The predicted molar refractivity (Wildman–Crippen MR) is 36.2 cm³/mol. The summed E-state index contributed by atoms with van der Waals surface area (Å²) in [6.45, 7) is 0.700. The van der Waals surface area contributed by atoms with Gasteiger partial charge in [-0.05, 0) is 25.3 Å². The van der Waals surface area contributed by atoms with Crippen molar-refractivity contribution in [3.8, 4) is 0 Å². The van der Waals surface area contributed by atoms with E-state index in [0.717, 1.165) is 12.8 Å². The lowest BCUT2D eigenvalue weighted by Crippen LogP contribution is -2.02. The van der Waals surface area contributed by atoms with Crippen LogP contribution in [0.4, 0.5) is 0 Å². The highest BCUT2D eigenvalue weighted by Gasteiger charge is 2.50. The van der Waals surface area contributed by atoms with Gasteiger partial charge in [0.05, 0.1) is 0 Å². The van der Waals surface area contributed by atoms with Gasteiger partial charge in [0.1, 0.15) is 4.33 Å². The zero-order chi connectivity index (χ0) is 6.20. The molecule has 0 bridgehead atoms. The van der Waals surface area contributed by atoms with Gasteiger partial charge in [-0.3, -0.25) is 0 Å². The standard InChI is InChI=1S/C5H9Cl2N/c6-5(7)3-4(5)1-2-8/h4H,1-3,8H2/t4-/m0/s1. The monoisotopic (exact) mass is 153 g/mol. The molecular formula is C5H9Cl2N. The van der Waals surface area contributed by atoms with Crippen LogP contribution in [0.15, 0.2) is 0 Å². The van der Waals surface area contributed by atoms with E-state index in [2.05, 4.69) is 0 Å². The van der Waals surface area contributed by atoms with Crippen LogP contribution < -0.4 is 5.73 Å². The van der Waals surface area contributed by atoms with E-state index in [1.807, 2.05) is 0 Å². The molecule has 1 aliphatic rings. The fourth-order valence-electron chi connectivity index (χ4n) is 0.784. The van der Waals surface area contributed by atoms with Crippen LogP contribution in [0.1, 0.15) is 12.8 Å². The van der Waals surface area contributed by atoms with Gasteiger partial charge in [0.2, 0.25) is 0 Å². The first-order valence-electron chi connectivity index (χ1n) is 2.74. The molecular weight excluding hydrogens is 145 g/mol. The molecule has 0 amide bonds. The lowest BCUT2D eigenvalue weighted by atomic mass is 10.3. The van der Waals surface area contributed by atoms with Crippen molar-refractivity contribution >= 4 is 23.2 Å². The second kappa shape index (κ2) is 2.05. The summed E-state index contributed by atoms with van der Waals surface area (Å²) in [5.41, 5.74) is 5.27. The molecule has 48 valence electrons. The first-order chi connectivity index (χ1) is 3.67. The predicted octanol–water partition coefficient (Wildman–Crippen LogP) is 1.53. The summed E-state index contributed by atoms with van der Waals surface area (Å²) in [4.78, 5) is 0. The van der Waals surface area contributed by atoms with Gasteiger partial charge >= 0.3 is 0 Å². The van der Waals surface area contributed by atoms with E-state index in [-0.39, 0.29) is 0 Å². The molecule has 0 unspecified atom stereocenters. The molecule has 8 heavy (non-hydrogen) atoms. The van der Waals surface area contributed by atoms with Crippen LogP contribution in [0.5, 0.6) is 0 Å². The van der Waals surface area contributed by atoms with Crippen molar-refractivity contribution in [3.05, 3.63) is 0 Å². The molecule has 0 radical (unpaired) electrons. The van der Waals surface area contributed by atoms with Crippen LogP contribution in [0.3, 0.4) is 0 Å². The molecule has 0 heterocycles. The minimum absolute atomic E-state index is 0.417. The van der Waals surface area contributed by atoms with Crippen LogP contribution in [0.2, 0.25) is 0 Å². The molecule has 0 aliphatic heterocycles. The van der Waals surface area contributed by atoms with Crippen molar-refractivity contribution in [2.45, 2.75) is 17.2 Å². The van der Waals surface area contributed by atoms with Crippen molar-refractivity contribution < 1.29 is 0 Å². The number of rotatable bonds is 2. The average Bonchev–Trinajstić information content (AvgIpc) is 2.15. The molecule has 1 saturated carbocycles. The third-order valence-electron chi connectivity index (χ3n) is 1.47. The summed E-state index contributed by atoms with van der Waals surface area (Å²) in [7, 11) is 0. The molecule has 1 atom stereocenters. The summed E-state index contributed by atoms with van der Waals surface area (Å²) in [5, 5.41) is 0. The molecule has 1 rings (SSSR count). The highest BCUT2D eigenvalue weighted by atomic mass is 35.5. The number of halogens is 2. The van der Waals surface area contributed by atoms with Gasteiger partial charge in [-0.25, -0.2) is 0 Å². The molecule has 1 aliphatic carbocycles. The van der Waals surface area contributed by atoms with Gasteiger partial charge in [-0.1, -0.05) is 0 Å². The molecule has 0 spiro atoms. The van der Waals surface area contributed by atoms with Crippen molar-refractivity contribution in [2.24, 2.45) is 11.7 Å². The summed E-state index contributed by atoms with van der Waals surface area (Å²) in [6, 6.07) is 0. The molecule has 0 aromatic rings. The maximum Gasteiger partial charge on any atom is 0.121 e. The Morgan fingerprint density at radius 2 is 2.12 bits per heavy atom. The lowest BCUT2D eigenvalue weighted by Gasteiger charge is -1.93. The van der Waals surface area contributed by atoms with Crippen LogP contribution in [-0.4, -0.2) is 10.9 Å². The lowest BCUT2D eigenvalue weighted by molar-refractivity contribution is 0.730. The maximum atomic E-state index is 5.70. The van der Waals surface area contributed by atoms with E-state index in [1.54, 1.807) is 0 Å². The Hall–Kier alpha value is 0.540. The van der Waals surface area contributed by atoms with Gasteiger partial charge in [0.15, 0.2) is 0 Å². The second-order valence-corrected chi connectivity index (χ2v) is 3.78. The Morgan fingerprint density at radius 1 is 1.62 bits per heavy atom. The van der Waals surface area contributed by atoms with E-state index in [9.17, 15) is 0 Å². The third kappa shape index (κ3) is 1.28. The van der Waals surface area contributed by atoms with E-state index in [1.165, 1.54) is 0 Å². The second-order valence-electron chi connectivity index (χ2n) is 2.24. The van der Waals surface area contributed by atoms with Crippen molar-refractivity contribution in [2.75, 3.05) is 6.54 Å². The van der Waals surface area contributed by atoms with Crippen LogP contribution in [-0.2, 0) is 0 Å². The molecule has 0 aromatic carbocycles. The molecule has 0 aromatic heterocycles. The Bertz CT molecular complexity index is 92.4. The van der Waals surface area contributed by atoms with Gasteiger partial charge < -0.3 is 5.73 Å². The number of nitrogens with two attached hydrogens (primary N) is 1. The molecule has 1 nitrogen and oxygen atoms in total. The van der Waals surface area contributed by atoms with Gasteiger partial charge in [-0.2, -0.15) is 0 Å². The van der Waals surface area contributed by atoms with Gasteiger partial charge in [-0.15, -0.1) is 23.2 Å². The minimum atomic E-state index is -0.417. The highest BCUT2D eigenvalue weighted by Crippen LogP contribution is 2.54. The Kier molecular flexibility index (Phi) is 1.71. The quantitative estimate of drug-likeness (QED) is 0.599. The van der Waals surface area contributed by atoms with Crippen molar-refractivity contribution in [1.82, 2.24) is 0 Å². The fourth-order valence-corrected chi connectivity index (χ4v) is 1.37. The minimum Gasteiger partial charge on any atom is -0.330 e. The molecule has 2 N–H and O–H groups in total. The highest BCUT2D eigenvalue weighted by molar-refractivity contribution is 6.50. The van der Waals surface area contributed by atoms with Crippen molar-refractivity contribution in [1.29, 1.82) is 0 Å². The van der Waals surface area contributed by atoms with E-state index < -0.39 is 4.33 Å². The average molecular weight is 154 g/mol. The summed E-state index contributed by atoms with van der Waals surface area (Å²) < 4.78 is -0.417. The van der Waals surface area contributed by atoms with Gasteiger partial charge in [0, 0.05) is 0 Å². The first kappa shape index (κ1) is 6.66. The SMILES string of the molecule is NCC[C@H]1CC1(Cl)Cl. The van der Waals surface area contributed by atoms with E-state index in [0.29, 0.717) is 12.5 Å². The Balaban J connectivity index is 2.17. The van der Waals surface area contributed by atoms with E-state index in [4.69, 9.17) is 28.9 Å². The van der Waals surface area contributed by atoms with Crippen LogP contribution >= 0.6 is 23.2 Å². The first-order valence-corrected chi connectivity index (χ1v) is 3.50. The smallest absolute Gasteiger partial charge is 0.121 e. The van der Waals surface area contributed by atoms with E-state index >= 15 is 0 Å². The maximum absolute atomic E-state index is 5.70. The molecule has 0 saturated heterocycles. The summed E-state index contributed by atoms with van der Waals surface area (Å²) in [6.07, 6.45) is 1.89. The van der Waals surface area contributed by atoms with Gasteiger partial charge in [0.25, 0.3) is 0 Å². The Labute approximate surface area is 59.1 Å². The summed E-state index contributed by atoms with van der Waals surface area (Å²) in [5.74, 6) is 0.468. The van der Waals surface area contributed by atoms with Crippen molar-refractivity contribution in [3.63, 3.8) is 0 Å². The molecule has 3 heteroatoms. The Morgan fingerprint density at radius 3 is 2.25 bits per heavy atom. The van der Waals surface area contributed by atoms with Crippen LogP contribution in [0, 0.1) is 5.92 Å². The number of hydrogen-bond donors (Lipinski definition) is 1.